The fourth-order valence-corrected chi connectivity index (χ4v) is 3.80. The lowest BCUT2D eigenvalue weighted by Gasteiger charge is -2.30. The summed E-state index contributed by atoms with van der Waals surface area (Å²) in [5.41, 5.74) is 0.203. The molecule has 0 aliphatic carbocycles. The largest absolute Gasteiger partial charge is 0.467 e. The van der Waals surface area contributed by atoms with E-state index in [0.717, 1.165) is 0 Å². The first-order valence-electron chi connectivity index (χ1n) is 10.6. The van der Waals surface area contributed by atoms with Crippen molar-refractivity contribution in [3.63, 3.8) is 0 Å². The molecule has 0 aliphatic heterocycles. The van der Waals surface area contributed by atoms with E-state index in [4.69, 9.17) is 9.40 Å². The van der Waals surface area contributed by atoms with Crippen molar-refractivity contribution in [2.75, 3.05) is 0 Å². The van der Waals surface area contributed by atoms with E-state index in [-0.39, 0.29) is 29.5 Å². The summed E-state index contributed by atoms with van der Waals surface area (Å²) in [6.45, 7) is 3.94. The smallest absolute Gasteiger partial charge is 0.266 e. The Morgan fingerprint density at radius 3 is 2.59 bits per heavy atom. The summed E-state index contributed by atoms with van der Waals surface area (Å²) >= 11 is 0. The summed E-state index contributed by atoms with van der Waals surface area (Å²) in [4.78, 5) is 32.9. The number of halogens is 1. The molecule has 32 heavy (non-hydrogen) atoms. The third kappa shape index (κ3) is 4.06. The minimum Gasteiger partial charge on any atom is -0.467 e. The third-order valence-corrected chi connectivity index (χ3v) is 5.43. The predicted molar refractivity (Wildman–Crippen MR) is 120 cm³/mol. The number of carbonyl (C=O) groups is 1. The number of nitrogens with zero attached hydrogens (tertiary/aromatic N) is 3. The van der Waals surface area contributed by atoms with Crippen LogP contribution in [0.3, 0.4) is 0 Å². The van der Waals surface area contributed by atoms with Gasteiger partial charge in [0.1, 0.15) is 17.4 Å². The number of hydrogen-bond donors (Lipinski definition) is 0. The average molecular weight is 433 g/mol. The van der Waals surface area contributed by atoms with Crippen molar-refractivity contribution >= 4 is 16.8 Å². The molecule has 0 radical (unpaired) electrons. The number of benzene rings is 2. The van der Waals surface area contributed by atoms with Crippen molar-refractivity contribution < 1.29 is 13.6 Å². The van der Waals surface area contributed by atoms with Gasteiger partial charge >= 0.3 is 0 Å². The van der Waals surface area contributed by atoms with Crippen LogP contribution in [0, 0.1) is 5.82 Å². The molecule has 0 bridgehead atoms. The van der Waals surface area contributed by atoms with Crippen LogP contribution in [0.15, 0.2) is 76.1 Å². The number of rotatable bonds is 7. The Bertz CT molecular complexity index is 1300. The molecule has 0 saturated heterocycles. The van der Waals surface area contributed by atoms with Gasteiger partial charge in [-0.15, -0.1) is 0 Å². The topological polar surface area (TPSA) is 68.3 Å². The van der Waals surface area contributed by atoms with Crippen molar-refractivity contribution in [2.45, 2.75) is 39.3 Å². The second-order valence-corrected chi connectivity index (χ2v) is 7.61. The first kappa shape index (κ1) is 21.5. The molecule has 4 aromatic rings. The highest BCUT2D eigenvalue weighted by molar-refractivity contribution is 5.79. The van der Waals surface area contributed by atoms with Gasteiger partial charge in [0.25, 0.3) is 5.56 Å². The van der Waals surface area contributed by atoms with Gasteiger partial charge in [0.15, 0.2) is 0 Å². The molecule has 164 valence electrons. The fourth-order valence-electron chi connectivity index (χ4n) is 3.80. The van der Waals surface area contributed by atoms with Crippen LogP contribution in [0.5, 0.6) is 0 Å². The highest BCUT2D eigenvalue weighted by Crippen LogP contribution is 2.26. The molecule has 2 aromatic carbocycles. The van der Waals surface area contributed by atoms with E-state index in [1.54, 1.807) is 66.6 Å². The molecule has 1 amide bonds. The van der Waals surface area contributed by atoms with Gasteiger partial charge in [-0.3, -0.25) is 14.2 Å². The molecule has 1 atom stereocenters. The summed E-state index contributed by atoms with van der Waals surface area (Å²) in [5.74, 6) is 0.258. The summed E-state index contributed by atoms with van der Waals surface area (Å²) < 4.78 is 21.5. The zero-order valence-corrected chi connectivity index (χ0v) is 18.0. The summed E-state index contributed by atoms with van der Waals surface area (Å²) in [7, 11) is 0. The monoisotopic (exact) mass is 433 g/mol. The van der Waals surface area contributed by atoms with Crippen molar-refractivity contribution in [1.29, 1.82) is 0 Å². The average Bonchev–Trinajstić information content (AvgIpc) is 3.31. The van der Waals surface area contributed by atoms with Gasteiger partial charge in [-0.25, -0.2) is 9.37 Å². The van der Waals surface area contributed by atoms with Gasteiger partial charge in [0.05, 0.1) is 35.4 Å². The van der Waals surface area contributed by atoms with E-state index in [0.29, 0.717) is 29.5 Å². The molecule has 7 heteroatoms. The number of aromatic nitrogens is 2. The third-order valence-electron chi connectivity index (χ3n) is 5.43. The second-order valence-electron chi connectivity index (χ2n) is 7.61. The standard InChI is InChI=1S/C25H24FN3O3/c1-3-9-23(30)28(16-18-10-8-15-32-18)17(2)24-27-21-13-6-4-11-19(21)25(31)29(24)22-14-7-5-12-20(22)26/h4-8,10-15,17H,3,9,16H2,1-2H3. The number of furan rings is 1. The number of para-hydroxylation sites is 2. The maximum absolute atomic E-state index is 14.8. The van der Waals surface area contributed by atoms with Crippen LogP contribution in [0.1, 0.15) is 44.3 Å². The molecule has 0 fully saturated rings. The normalized spacial score (nSPS) is 12.1. The number of fused-ring (bicyclic) bond motifs is 1. The molecule has 0 saturated carbocycles. The Labute approximate surface area is 184 Å². The van der Waals surface area contributed by atoms with E-state index >= 15 is 0 Å². The lowest BCUT2D eigenvalue weighted by atomic mass is 10.1. The summed E-state index contributed by atoms with van der Waals surface area (Å²) in [6, 6.07) is 15.9. The van der Waals surface area contributed by atoms with Crippen molar-refractivity contribution in [3.8, 4) is 5.69 Å². The molecule has 6 nitrogen and oxygen atoms in total. The molecule has 0 spiro atoms. The van der Waals surface area contributed by atoms with Gasteiger partial charge in [-0.05, 0) is 49.7 Å². The second kappa shape index (κ2) is 9.18. The van der Waals surface area contributed by atoms with Gasteiger partial charge in [0.2, 0.25) is 5.91 Å². The molecular formula is C25H24FN3O3. The van der Waals surface area contributed by atoms with Crippen LogP contribution in [-0.2, 0) is 11.3 Å². The maximum atomic E-state index is 14.8. The van der Waals surface area contributed by atoms with Gasteiger partial charge < -0.3 is 9.32 Å². The molecule has 4 rings (SSSR count). The fraction of sp³-hybridized carbons (Fsp3) is 0.240. The Balaban J connectivity index is 1.92. The molecule has 1 unspecified atom stereocenters. The van der Waals surface area contributed by atoms with Crippen LogP contribution < -0.4 is 5.56 Å². The molecule has 2 heterocycles. The quantitative estimate of drug-likeness (QED) is 0.411. The van der Waals surface area contributed by atoms with E-state index in [9.17, 15) is 14.0 Å². The molecule has 0 aliphatic rings. The number of amides is 1. The van der Waals surface area contributed by atoms with Crippen LogP contribution >= 0.6 is 0 Å². The Morgan fingerprint density at radius 1 is 1.12 bits per heavy atom. The summed E-state index contributed by atoms with van der Waals surface area (Å²) in [5, 5.41) is 0.379. The molecule has 2 aromatic heterocycles. The lowest BCUT2D eigenvalue weighted by Crippen LogP contribution is -2.37. The molecule has 0 N–H and O–H groups in total. The molecular weight excluding hydrogens is 409 g/mol. The van der Waals surface area contributed by atoms with E-state index in [1.807, 2.05) is 6.92 Å². The van der Waals surface area contributed by atoms with Crippen LogP contribution in [0.4, 0.5) is 4.39 Å². The van der Waals surface area contributed by atoms with E-state index in [2.05, 4.69) is 0 Å². The zero-order valence-electron chi connectivity index (χ0n) is 18.0. The minimum absolute atomic E-state index is 0.0958. The van der Waals surface area contributed by atoms with Crippen LogP contribution in [-0.4, -0.2) is 20.4 Å². The van der Waals surface area contributed by atoms with Gasteiger partial charge in [0, 0.05) is 6.42 Å². The van der Waals surface area contributed by atoms with Gasteiger partial charge in [-0.2, -0.15) is 0 Å². The van der Waals surface area contributed by atoms with E-state index in [1.165, 1.54) is 16.7 Å². The number of carbonyl (C=O) groups excluding carboxylic acids is 1. The highest BCUT2D eigenvalue weighted by Gasteiger charge is 2.28. The van der Waals surface area contributed by atoms with Crippen molar-refractivity contribution in [1.82, 2.24) is 14.5 Å². The first-order valence-corrected chi connectivity index (χ1v) is 10.6. The van der Waals surface area contributed by atoms with Crippen LogP contribution in [0.2, 0.25) is 0 Å². The van der Waals surface area contributed by atoms with Gasteiger partial charge in [-0.1, -0.05) is 31.2 Å². The van der Waals surface area contributed by atoms with Crippen molar-refractivity contribution in [2.24, 2.45) is 0 Å². The predicted octanol–water partition coefficient (Wildman–Crippen LogP) is 5.01. The van der Waals surface area contributed by atoms with Crippen molar-refractivity contribution in [3.05, 3.63) is 94.7 Å². The highest BCUT2D eigenvalue weighted by atomic mass is 19.1. The lowest BCUT2D eigenvalue weighted by molar-refractivity contribution is -0.134. The maximum Gasteiger partial charge on any atom is 0.266 e. The SMILES string of the molecule is CCCC(=O)N(Cc1ccco1)C(C)c1nc2ccccc2c(=O)n1-c1ccccc1F. The van der Waals surface area contributed by atoms with Crippen LogP contribution in [0.25, 0.3) is 16.6 Å². The zero-order chi connectivity index (χ0) is 22.7. The Morgan fingerprint density at radius 2 is 1.88 bits per heavy atom. The summed E-state index contributed by atoms with van der Waals surface area (Å²) in [6.07, 6.45) is 2.56. The van der Waals surface area contributed by atoms with E-state index < -0.39 is 11.9 Å². The Kier molecular flexibility index (Phi) is 6.16. The minimum atomic E-state index is -0.615. The first-order chi connectivity index (χ1) is 15.5. The number of hydrogen-bond acceptors (Lipinski definition) is 4. The Hall–Kier alpha value is -3.74.